The van der Waals surface area contributed by atoms with Gasteiger partial charge in [0.15, 0.2) is 5.78 Å². The first-order valence-electron chi connectivity index (χ1n) is 7.18. The normalized spacial score (nSPS) is 17.9. The highest BCUT2D eigenvalue weighted by Crippen LogP contribution is 2.34. The highest BCUT2D eigenvalue weighted by atomic mass is 79.9. The summed E-state index contributed by atoms with van der Waals surface area (Å²) in [6, 6.07) is 4.45. The Morgan fingerprint density at radius 2 is 2.05 bits per heavy atom. The predicted molar refractivity (Wildman–Crippen MR) is 80.3 cm³/mol. The number of ether oxygens (including phenoxy) is 1. The number of benzene rings is 1. The fourth-order valence-corrected chi connectivity index (χ4v) is 3.30. The highest BCUT2D eigenvalue weighted by molar-refractivity contribution is 9.10. The van der Waals surface area contributed by atoms with Crippen LogP contribution in [0.15, 0.2) is 22.7 Å². The molecule has 0 radical (unpaired) electrons. The lowest BCUT2D eigenvalue weighted by molar-refractivity contribution is -0.148. The van der Waals surface area contributed by atoms with Crippen LogP contribution in [0.1, 0.15) is 44.6 Å². The molecule has 1 fully saturated rings. The van der Waals surface area contributed by atoms with Crippen LogP contribution in [0.4, 0.5) is 4.39 Å². The molecule has 0 aromatic heterocycles. The van der Waals surface area contributed by atoms with Crippen LogP contribution in [-0.2, 0) is 16.0 Å². The van der Waals surface area contributed by atoms with Gasteiger partial charge in [0.25, 0.3) is 0 Å². The van der Waals surface area contributed by atoms with Crippen molar-refractivity contribution in [1.29, 1.82) is 0 Å². The van der Waals surface area contributed by atoms with Gasteiger partial charge in [-0.25, -0.2) is 4.39 Å². The number of hydrogen-bond donors (Lipinski definition) is 0. The number of carbonyl (C=O) groups is 1. The molecule has 1 aliphatic carbocycles. The van der Waals surface area contributed by atoms with Crippen LogP contribution in [0.3, 0.4) is 0 Å². The first kappa shape index (κ1) is 15.6. The van der Waals surface area contributed by atoms with E-state index in [0.29, 0.717) is 12.2 Å². The minimum Gasteiger partial charge on any atom is -0.367 e. The quantitative estimate of drug-likeness (QED) is 0.790. The lowest BCUT2D eigenvalue weighted by atomic mass is 9.79. The van der Waals surface area contributed by atoms with E-state index in [2.05, 4.69) is 15.9 Å². The average Bonchev–Trinajstić information content (AvgIpc) is 2.44. The van der Waals surface area contributed by atoms with Crippen molar-refractivity contribution in [1.82, 2.24) is 0 Å². The summed E-state index contributed by atoms with van der Waals surface area (Å²) in [4.78, 5) is 12.7. The highest BCUT2D eigenvalue weighted by Gasteiger charge is 2.39. The Labute approximate surface area is 127 Å². The summed E-state index contributed by atoms with van der Waals surface area (Å²) in [5, 5.41) is 0. The van der Waals surface area contributed by atoms with Gasteiger partial charge in [-0.15, -0.1) is 0 Å². The molecule has 1 aromatic rings. The monoisotopic (exact) mass is 342 g/mol. The molecule has 0 bridgehead atoms. The van der Waals surface area contributed by atoms with E-state index in [0.717, 1.165) is 36.6 Å². The molecule has 0 unspecified atom stereocenters. The maximum Gasteiger partial charge on any atom is 0.169 e. The fourth-order valence-electron chi connectivity index (χ4n) is 2.92. The van der Waals surface area contributed by atoms with E-state index in [-0.39, 0.29) is 18.0 Å². The summed E-state index contributed by atoms with van der Waals surface area (Å²) in [5.74, 6) is -0.240. The maximum atomic E-state index is 13.3. The van der Waals surface area contributed by atoms with Gasteiger partial charge in [0, 0.05) is 17.5 Å². The van der Waals surface area contributed by atoms with Crippen LogP contribution in [-0.4, -0.2) is 18.0 Å². The summed E-state index contributed by atoms with van der Waals surface area (Å²) in [6.45, 7) is 2.46. The summed E-state index contributed by atoms with van der Waals surface area (Å²) >= 11 is 3.38. The van der Waals surface area contributed by atoms with E-state index in [9.17, 15) is 9.18 Å². The lowest BCUT2D eigenvalue weighted by Crippen LogP contribution is -2.44. The summed E-state index contributed by atoms with van der Waals surface area (Å²) in [6.07, 6.45) is 5.00. The molecule has 20 heavy (non-hydrogen) atoms. The molecule has 4 heteroatoms. The van der Waals surface area contributed by atoms with Crippen molar-refractivity contribution in [2.24, 2.45) is 0 Å². The SMILES string of the molecule is CCOC1(C(=O)Cc2cc(F)ccc2Br)CCCCC1. The van der Waals surface area contributed by atoms with Gasteiger partial charge in [-0.2, -0.15) is 0 Å². The molecule has 2 nitrogen and oxygen atoms in total. The first-order chi connectivity index (χ1) is 9.57. The second kappa shape index (κ2) is 6.81. The zero-order valence-corrected chi connectivity index (χ0v) is 13.3. The van der Waals surface area contributed by atoms with Crippen LogP contribution in [0.5, 0.6) is 0 Å². The molecule has 1 aliphatic rings. The van der Waals surface area contributed by atoms with Crippen molar-refractivity contribution < 1.29 is 13.9 Å². The summed E-state index contributed by atoms with van der Waals surface area (Å²) < 4.78 is 19.9. The number of rotatable bonds is 5. The van der Waals surface area contributed by atoms with E-state index in [1.165, 1.54) is 12.1 Å². The standard InChI is InChI=1S/C16H20BrFO2/c1-2-20-16(8-4-3-5-9-16)15(19)11-12-10-13(18)6-7-14(12)17/h6-7,10H,2-5,8-9,11H2,1H3. The molecule has 0 N–H and O–H groups in total. The van der Waals surface area contributed by atoms with Gasteiger partial charge in [-0.05, 0) is 43.5 Å². The van der Waals surface area contributed by atoms with Gasteiger partial charge in [-0.1, -0.05) is 35.2 Å². The molecule has 2 rings (SSSR count). The minimum atomic E-state index is -0.654. The Morgan fingerprint density at radius 3 is 2.70 bits per heavy atom. The number of Topliss-reactive ketones (excluding diaryl/α,β-unsaturated/α-hetero) is 1. The molecule has 110 valence electrons. The van der Waals surface area contributed by atoms with Crippen molar-refractivity contribution in [3.05, 3.63) is 34.1 Å². The van der Waals surface area contributed by atoms with Crippen LogP contribution in [0.2, 0.25) is 0 Å². The Balaban J connectivity index is 2.18. The molecular formula is C16H20BrFO2. The molecule has 0 amide bonds. The van der Waals surface area contributed by atoms with Crippen molar-refractivity contribution in [2.75, 3.05) is 6.61 Å². The van der Waals surface area contributed by atoms with Crippen molar-refractivity contribution >= 4 is 21.7 Å². The van der Waals surface area contributed by atoms with E-state index in [1.807, 2.05) is 6.92 Å². The van der Waals surface area contributed by atoms with E-state index < -0.39 is 5.60 Å². The van der Waals surface area contributed by atoms with Gasteiger partial charge < -0.3 is 4.74 Å². The molecule has 1 saturated carbocycles. The van der Waals surface area contributed by atoms with E-state index in [4.69, 9.17) is 4.74 Å². The Bertz CT molecular complexity index is 476. The van der Waals surface area contributed by atoms with Gasteiger partial charge in [0.05, 0.1) is 0 Å². The van der Waals surface area contributed by atoms with Crippen LogP contribution in [0, 0.1) is 5.82 Å². The smallest absolute Gasteiger partial charge is 0.169 e. The van der Waals surface area contributed by atoms with Crippen molar-refractivity contribution in [3.8, 4) is 0 Å². The Morgan fingerprint density at radius 1 is 1.35 bits per heavy atom. The number of ketones is 1. The second-order valence-electron chi connectivity index (χ2n) is 5.32. The van der Waals surface area contributed by atoms with Gasteiger partial charge in [-0.3, -0.25) is 4.79 Å². The number of halogens is 2. The topological polar surface area (TPSA) is 26.3 Å². The number of hydrogen-bond acceptors (Lipinski definition) is 2. The van der Waals surface area contributed by atoms with Gasteiger partial charge >= 0.3 is 0 Å². The van der Waals surface area contributed by atoms with Crippen molar-refractivity contribution in [2.45, 2.75) is 51.0 Å². The predicted octanol–water partition coefficient (Wildman–Crippen LogP) is 4.44. The molecule has 0 heterocycles. The molecule has 0 atom stereocenters. The molecule has 0 saturated heterocycles. The fraction of sp³-hybridized carbons (Fsp3) is 0.562. The van der Waals surface area contributed by atoms with Crippen molar-refractivity contribution in [3.63, 3.8) is 0 Å². The molecule has 0 aliphatic heterocycles. The average molecular weight is 343 g/mol. The minimum absolute atomic E-state index is 0.0744. The molecule has 1 aromatic carbocycles. The van der Waals surface area contributed by atoms with Gasteiger partial charge in [0.2, 0.25) is 0 Å². The second-order valence-corrected chi connectivity index (χ2v) is 6.18. The summed E-state index contributed by atoms with van der Waals surface area (Å²) in [5.41, 5.74) is 0.0401. The van der Waals surface area contributed by atoms with Gasteiger partial charge in [0.1, 0.15) is 11.4 Å². The largest absolute Gasteiger partial charge is 0.367 e. The molecule has 0 spiro atoms. The first-order valence-corrected chi connectivity index (χ1v) is 7.98. The van der Waals surface area contributed by atoms with E-state index >= 15 is 0 Å². The Hall–Kier alpha value is -0.740. The van der Waals surface area contributed by atoms with E-state index in [1.54, 1.807) is 6.07 Å². The third kappa shape index (κ3) is 3.47. The zero-order valence-electron chi connectivity index (χ0n) is 11.8. The Kier molecular flexibility index (Phi) is 5.33. The molecular weight excluding hydrogens is 323 g/mol. The third-order valence-electron chi connectivity index (χ3n) is 3.95. The van der Waals surface area contributed by atoms with Crippen LogP contribution in [0.25, 0.3) is 0 Å². The lowest BCUT2D eigenvalue weighted by Gasteiger charge is -2.35. The zero-order chi connectivity index (χ0) is 14.6. The van der Waals surface area contributed by atoms with Crippen LogP contribution < -0.4 is 0 Å². The summed E-state index contributed by atoms with van der Waals surface area (Å²) in [7, 11) is 0. The third-order valence-corrected chi connectivity index (χ3v) is 4.72. The van der Waals surface area contributed by atoms with Crippen LogP contribution >= 0.6 is 15.9 Å². The maximum absolute atomic E-state index is 13.3. The number of carbonyl (C=O) groups excluding carboxylic acids is 1.